The Morgan fingerprint density at radius 2 is 2.07 bits per heavy atom. The Hall–Kier alpha value is -0.0701. The molecule has 1 N–H and O–H groups in total. The average molecular weight is 448 g/mol. The highest BCUT2D eigenvalue weighted by molar-refractivity contribution is 8.16. The summed E-state index contributed by atoms with van der Waals surface area (Å²) in [5.74, 6) is 1.39. The Kier molecular flexibility index (Phi) is 6.20. The number of rotatable bonds is 9. The molecule has 0 aromatic heterocycles. The van der Waals surface area contributed by atoms with Crippen LogP contribution in [0.25, 0.3) is 0 Å². The van der Waals surface area contributed by atoms with Crippen molar-refractivity contribution >= 4 is 38.0 Å². The van der Waals surface area contributed by atoms with Crippen LogP contribution in [0.4, 0.5) is 0 Å². The van der Waals surface area contributed by atoms with Gasteiger partial charge in [-0.1, -0.05) is 79.5 Å². The fourth-order valence-electron chi connectivity index (χ4n) is 7.10. The van der Waals surface area contributed by atoms with Gasteiger partial charge in [0.2, 0.25) is 14.2 Å². The van der Waals surface area contributed by atoms with E-state index in [0.717, 1.165) is 62.3 Å². The van der Waals surface area contributed by atoms with Crippen LogP contribution in [-0.2, 0) is 8.37 Å². The van der Waals surface area contributed by atoms with E-state index in [1.54, 1.807) is 11.1 Å². The first-order chi connectivity index (χ1) is 15.4. The Balaban J connectivity index is 1.63. The van der Waals surface area contributed by atoms with Gasteiger partial charge in [-0.2, -0.15) is 0 Å². The number of fused-ring (bicyclic) bond motifs is 5. The molecule has 0 aromatic rings. The van der Waals surface area contributed by atoms with Crippen molar-refractivity contribution in [3.63, 3.8) is 0 Å². The number of aliphatic hydroxyl groups is 1. The number of hydrogen-bond donors (Lipinski definition) is 1. The third-order valence-electron chi connectivity index (χ3n) is 8.70. The molecule has 0 aliphatic heterocycles. The summed E-state index contributed by atoms with van der Waals surface area (Å²) in [6.45, 7) is 7.33. The third-order valence-corrected chi connectivity index (χ3v) is 9.43. The van der Waals surface area contributed by atoms with E-state index in [1.807, 2.05) is 0 Å². The van der Waals surface area contributed by atoms with E-state index in [2.05, 4.69) is 39.0 Å². The van der Waals surface area contributed by atoms with Gasteiger partial charge in [0, 0.05) is 18.4 Å². The molecule has 0 spiro atoms. The number of allylic oxidation sites excluding steroid dienone is 5. The van der Waals surface area contributed by atoms with E-state index in [1.165, 1.54) is 19.7 Å². The standard InChI is InChI=1S/C23H34B2O3S2/c1-14(9-11-26)18-6-7-19-17-5-4-15-12-16(27-29-24)13-21(28-30-25)23(15,3)20(17)8-10-22(18,19)2/h4-6,14,16,19-21,24-26H,7-13H2,1-3H3/t14-,16+,19?,20?,21-,22+,23-/m0/s1/i24T,25T. The van der Waals surface area contributed by atoms with Crippen LogP contribution >= 0.6 is 23.8 Å². The first-order valence-electron chi connectivity index (χ1n) is 12.3. The van der Waals surface area contributed by atoms with E-state index >= 15 is 0 Å². The van der Waals surface area contributed by atoms with Crippen LogP contribution in [0, 0.1) is 28.6 Å². The topological polar surface area (TPSA) is 38.7 Å². The molecule has 4 aliphatic rings. The minimum Gasteiger partial charge on any atom is -0.396 e. The van der Waals surface area contributed by atoms with Crippen molar-refractivity contribution in [3.8, 4) is 0 Å². The van der Waals surface area contributed by atoms with Gasteiger partial charge in [-0.15, -0.1) is 0 Å². The molecular weight excluding hydrogens is 410 g/mol. The zero-order valence-corrected chi connectivity index (χ0v) is 19.9. The Labute approximate surface area is 195 Å². The van der Waals surface area contributed by atoms with Crippen LogP contribution in [0.3, 0.4) is 0 Å². The van der Waals surface area contributed by atoms with Gasteiger partial charge in [0.1, 0.15) is 0 Å². The zero-order valence-electron chi connectivity index (χ0n) is 20.3. The molecule has 4 aliphatic carbocycles. The molecule has 7 heteroatoms. The predicted molar refractivity (Wildman–Crippen MR) is 131 cm³/mol. The second-order valence-corrected chi connectivity index (χ2v) is 10.7. The summed E-state index contributed by atoms with van der Waals surface area (Å²) in [7, 11) is 2.49. The van der Waals surface area contributed by atoms with Crippen molar-refractivity contribution in [2.24, 2.45) is 28.6 Å². The molecule has 2 saturated carbocycles. The lowest BCUT2D eigenvalue weighted by Crippen LogP contribution is -2.52. The molecule has 4 rings (SSSR count). The van der Waals surface area contributed by atoms with Gasteiger partial charge in [0.05, 0.1) is 12.2 Å². The molecule has 3 nitrogen and oxygen atoms in total. The molecular formula is C23H34B2O3S2. The molecule has 0 heterocycles. The van der Waals surface area contributed by atoms with Crippen molar-refractivity contribution in [2.75, 3.05) is 6.61 Å². The van der Waals surface area contributed by atoms with Crippen LogP contribution in [0.1, 0.15) is 59.3 Å². The summed E-state index contributed by atoms with van der Waals surface area (Å²) < 4.78 is 26.8. The lowest BCUT2D eigenvalue weighted by molar-refractivity contribution is -0.0153. The van der Waals surface area contributed by atoms with Gasteiger partial charge in [-0.3, -0.25) is 0 Å². The predicted octanol–water partition coefficient (Wildman–Crippen LogP) is 4.73. The maximum absolute atomic E-state index is 9.50. The van der Waals surface area contributed by atoms with Crippen molar-refractivity contribution in [2.45, 2.75) is 71.5 Å². The van der Waals surface area contributed by atoms with Crippen LogP contribution in [0.15, 0.2) is 34.9 Å². The molecule has 162 valence electrons. The van der Waals surface area contributed by atoms with Gasteiger partial charge in [-0.25, -0.2) is 0 Å². The largest absolute Gasteiger partial charge is 0.396 e. The van der Waals surface area contributed by atoms with Gasteiger partial charge >= 0.3 is 0 Å². The average Bonchev–Trinajstić information content (AvgIpc) is 3.13. The number of aliphatic hydroxyl groups excluding tert-OH is 1. The minimum absolute atomic E-state index is 0.0140. The van der Waals surface area contributed by atoms with Crippen molar-refractivity contribution in [3.05, 3.63) is 34.9 Å². The molecule has 0 bridgehead atoms. The molecule has 0 saturated heterocycles. The monoisotopic (exact) mass is 448 g/mol. The summed E-state index contributed by atoms with van der Waals surface area (Å²) in [6, 6.07) is 0. The fraction of sp³-hybridized carbons (Fsp3) is 0.739. The highest BCUT2D eigenvalue weighted by atomic mass is 32.2. The highest BCUT2D eigenvalue weighted by Crippen LogP contribution is 2.65. The zero-order chi connectivity index (χ0) is 22.9. The second kappa shape index (κ2) is 9.05. The fourth-order valence-corrected chi connectivity index (χ4v) is 7.81. The summed E-state index contributed by atoms with van der Waals surface area (Å²) in [5.41, 5.74) is 4.57. The van der Waals surface area contributed by atoms with Gasteiger partial charge in [0.25, 0.3) is 0 Å². The molecule has 2 fully saturated rings. The first-order valence-corrected chi connectivity index (χ1v) is 12.8. The van der Waals surface area contributed by atoms with Crippen molar-refractivity contribution in [1.29, 1.82) is 2.67 Å². The number of hydrogen-bond acceptors (Lipinski definition) is 5. The molecule has 0 aromatic carbocycles. The second-order valence-electron chi connectivity index (χ2n) is 9.95. The highest BCUT2D eigenvalue weighted by Gasteiger charge is 2.57. The molecule has 7 atom stereocenters. The van der Waals surface area contributed by atoms with Crippen LogP contribution in [0.2, 0.25) is 0 Å². The SMILES string of the molecule is [3H][B]SO[C@@H]1CC2=CC=C3C(CC[C@]4(C)C([C@@H](C)CCO)=CCC34)[C@@]2(C)[C@@H](OS[B][3H])C1. The first kappa shape index (κ1) is 20.5. The van der Waals surface area contributed by atoms with Crippen LogP contribution < -0.4 is 0 Å². The maximum Gasteiger partial charge on any atom is 0.209 e. The van der Waals surface area contributed by atoms with E-state index in [-0.39, 0.29) is 29.6 Å². The van der Waals surface area contributed by atoms with Gasteiger partial charge in [-0.05, 0) is 57.9 Å². The Morgan fingerprint density at radius 3 is 2.83 bits per heavy atom. The Morgan fingerprint density at radius 1 is 1.27 bits per heavy atom. The molecule has 2 radical (unpaired) electrons. The minimum atomic E-state index is -0.101. The summed E-state index contributed by atoms with van der Waals surface area (Å²) in [4.78, 5) is 0. The van der Waals surface area contributed by atoms with Crippen LogP contribution in [0.5, 0.6) is 0 Å². The summed E-state index contributed by atoms with van der Waals surface area (Å²) in [5, 5.41) is 9.50. The quantitative estimate of drug-likeness (QED) is 0.314. The maximum atomic E-state index is 9.50. The summed E-state index contributed by atoms with van der Waals surface area (Å²) in [6.07, 6.45) is 13.0. The van der Waals surface area contributed by atoms with E-state index < -0.39 is 0 Å². The van der Waals surface area contributed by atoms with Crippen molar-refractivity contribution < 1.29 is 13.5 Å². The lowest BCUT2D eigenvalue weighted by atomic mass is 9.49. The van der Waals surface area contributed by atoms with E-state index in [9.17, 15) is 5.11 Å². The molecule has 2 unspecified atom stereocenters. The van der Waals surface area contributed by atoms with E-state index in [4.69, 9.17) is 11.0 Å². The molecule has 30 heavy (non-hydrogen) atoms. The normalized spacial score (nSPS) is 41.8. The lowest BCUT2D eigenvalue weighted by Gasteiger charge is -2.57. The summed E-state index contributed by atoms with van der Waals surface area (Å²) >= 11 is 2.20. The van der Waals surface area contributed by atoms with Gasteiger partial charge < -0.3 is 13.5 Å². The van der Waals surface area contributed by atoms with Gasteiger partial charge in [0.15, 0.2) is 0 Å². The van der Waals surface area contributed by atoms with Crippen LogP contribution in [-0.4, -0.2) is 40.8 Å². The Bertz CT molecular complexity index is 795. The smallest absolute Gasteiger partial charge is 0.209 e. The molecule has 0 amide bonds. The van der Waals surface area contributed by atoms with Crippen molar-refractivity contribution in [1.82, 2.24) is 0 Å². The van der Waals surface area contributed by atoms with E-state index in [0.29, 0.717) is 17.8 Å². The third kappa shape index (κ3) is 3.61.